The van der Waals surface area contributed by atoms with Gasteiger partial charge in [0, 0.05) is 36.0 Å². The lowest BCUT2D eigenvalue weighted by atomic mass is 9.93. The zero-order valence-corrected chi connectivity index (χ0v) is 15.2. The number of hydrogen-bond donors (Lipinski definition) is 0. The van der Waals surface area contributed by atoms with E-state index in [1.165, 1.54) is 17.0 Å². The van der Waals surface area contributed by atoms with Gasteiger partial charge < -0.3 is 4.57 Å². The molecule has 0 aliphatic carbocycles. The largest absolute Gasteiger partial charge is 0.311 e. The summed E-state index contributed by atoms with van der Waals surface area (Å²) in [4.78, 5) is 34.1. The molecule has 0 fully saturated rings. The molecule has 0 spiro atoms. The fraction of sp³-hybridized carbons (Fsp3) is 0.0435. The highest BCUT2D eigenvalue weighted by atomic mass is 16.1. The number of nitrogens with zero attached hydrogens (tertiary/aromatic N) is 3. The lowest BCUT2D eigenvalue weighted by molar-refractivity contribution is 0.104. The van der Waals surface area contributed by atoms with Crippen LogP contribution in [0.5, 0.6) is 0 Å². The molecule has 0 radical (unpaired) electrons. The summed E-state index contributed by atoms with van der Waals surface area (Å²) in [6.45, 7) is 0. The lowest BCUT2D eigenvalue weighted by Gasteiger charge is -2.14. The molecule has 28 heavy (non-hydrogen) atoms. The Morgan fingerprint density at radius 1 is 0.964 bits per heavy atom. The average molecular weight is 367 g/mol. The molecule has 4 aromatic rings. The zero-order chi connectivity index (χ0) is 19.5. The normalized spacial score (nSPS) is 11.2. The fourth-order valence-electron chi connectivity index (χ4n) is 3.28. The highest BCUT2D eigenvalue weighted by Crippen LogP contribution is 2.30. The van der Waals surface area contributed by atoms with E-state index < -0.39 is 0 Å². The Labute approximate surface area is 161 Å². The summed E-state index contributed by atoms with van der Waals surface area (Å²) in [5, 5.41) is 0.857. The van der Waals surface area contributed by atoms with Crippen LogP contribution in [-0.2, 0) is 7.05 Å². The number of carbonyl (C=O) groups excluding carboxylic acids is 1. The summed E-state index contributed by atoms with van der Waals surface area (Å²) in [5.41, 5.74) is 2.78. The quantitative estimate of drug-likeness (QED) is 0.405. The SMILES string of the molecule is Cn1c(=O)c(C(=O)/C=C/c2cncnc2)c(-c2ccccc2)c2ccccc21. The number of aromatic nitrogens is 3. The van der Waals surface area contributed by atoms with Gasteiger partial charge in [0.05, 0.1) is 11.1 Å². The second kappa shape index (κ2) is 7.40. The maximum absolute atomic E-state index is 13.1. The maximum Gasteiger partial charge on any atom is 0.262 e. The van der Waals surface area contributed by atoms with Gasteiger partial charge in [-0.25, -0.2) is 9.97 Å². The third-order valence-electron chi connectivity index (χ3n) is 4.62. The van der Waals surface area contributed by atoms with Gasteiger partial charge in [0.15, 0.2) is 5.78 Å². The number of fused-ring (bicyclic) bond motifs is 1. The zero-order valence-electron chi connectivity index (χ0n) is 15.2. The van der Waals surface area contributed by atoms with E-state index in [-0.39, 0.29) is 16.9 Å². The van der Waals surface area contributed by atoms with Crippen LogP contribution in [0.1, 0.15) is 15.9 Å². The summed E-state index contributed by atoms with van der Waals surface area (Å²) < 4.78 is 1.52. The van der Waals surface area contributed by atoms with Crippen molar-refractivity contribution in [2.75, 3.05) is 0 Å². The number of ketones is 1. The van der Waals surface area contributed by atoms with Crippen LogP contribution in [0.4, 0.5) is 0 Å². The molecule has 0 saturated heterocycles. The minimum Gasteiger partial charge on any atom is -0.311 e. The van der Waals surface area contributed by atoms with Crippen molar-refractivity contribution in [1.29, 1.82) is 0 Å². The van der Waals surface area contributed by atoms with E-state index in [4.69, 9.17) is 0 Å². The first kappa shape index (κ1) is 17.5. The van der Waals surface area contributed by atoms with Crippen LogP contribution < -0.4 is 5.56 Å². The second-order valence-corrected chi connectivity index (χ2v) is 6.37. The number of carbonyl (C=O) groups is 1. The number of hydrogen-bond acceptors (Lipinski definition) is 4. The van der Waals surface area contributed by atoms with Crippen LogP contribution in [0.3, 0.4) is 0 Å². The topological polar surface area (TPSA) is 64.8 Å². The first-order valence-electron chi connectivity index (χ1n) is 8.81. The smallest absolute Gasteiger partial charge is 0.262 e. The van der Waals surface area contributed by atoms with Crippen molar-refractivity contribution in [3.8, 4) is 11.1 Å². The molecule has 0 bridgehead atoms. The van der Waals surface area contributed by atoms with Gasteiger partial charge in [0.1, 0.15) is 6.33 Å². The van der Waals surface area contributed by atoms with E-state index >= 15 is 0 Å². The van der Waals surface area contributed by atoms with Crippen molar-refractivity contribution in [3.05, 3.63) is 101 Å². The molecular weight excluding hydrogens is 350 g/mol. The first-order valence-corrected chi connectivity index (χ1v) is 8.81. The number of aryl methyl sites for hydroxylation is 1. The lowest BCUT2D eigenvalue weighted by Crippen LogP contribution is -2.25. The van der Waals surface area contributed by atoms with E-state index in [0.717, 1.165) is 16.5 Å². The van der Waals surface area contributed by atoms with E-state index in [2.05, 4.69) is 9.97 Å². The van der Waals surface area contributed by atoms with Gasteiger partial charge in [-0.3, -0.25) is 9.59 Å². The molecule has 5 nitrogen and oxygen atoms in total. The molecule has 5 heteroatoms. The van der Waals surface area contributed by atoms with Crippen LogP contribution >= 0.6 is 0 Å². The Morgan fingerprint density at radius 3 is 2.39 bits per heavy atom. The Balaban J connectivity index is 1.97. The fourth-order valence-corrected chi connectivity index (χ4v) is 3.28. The third kappa shape index (κ3) is 3.14. The first-order chi connectivity index (χ1) is 13.7. The van der Waals surface area contributed by atoms with Crippen LogP contribution in [0, 0.1) is 0 Å². The van der Waals surface area contributed by atoms with Crippen LogP contribution in [-0.4, -0.2) is 20.3 Å². The molecular formula is C23H17N3O2. The van der Waals surface area contributed by atoms with Crippen molar-refractivity contribution in [1.82, 2.24) is 14.5 Å². The maximum atomic E-state index is 13.1. The van der Waals surface area contributed by atoms with Gasteiger partial charge in [0.2, 0.25) is 0 Å². The van der Waals surface area contributed by atoms with Crippen molar-refractivity contribution in [2.45, 2.75) is 0 Å². The predicted octanol–water partition coefficient (Wildman–Crippen LogP) is 3.89. The van der Waals surface area contributed by atoms with E-state index in [0.29, 0.717) is 11.1 Å². The van der Waals surface area contributed by atoms with Crippen LogP contribution in [0.15, 0.2) is 84.2 Å². The number of pyridine rings is 1. The number of allylic oxidation sites excluding steroid dienone is 1. The van der Waals surface area contributed by atoms with Crippen molar-refractivity contribution in [3.63, 3.8) is 0 Å². The van der Waals surface area contributed by atoms with E-state index in [1.807, 2.05) is 54.6 Å². The number of rotatable bonds is 4. The molecule has 0 unspecified atom stereocenters. The minimum atomic E-state index is -0.353. The van der Waals surface area contributed by atoms with E-state index in [9.17, 15) is 9.59 Å². The summed E-state index contributed by atoms with van der Waals surface area (Å²) >= 11 is 0. The van der Waals surface area contributed by atoms with Gasteiger partial charge in [-0.15, -0.1) is 0 Å². The molecule has 0 aliphatic heterocycles. The summed E-state index contributed by atoms with van der Waals surface area (Å²) in [6, 6.07) is 17.1. The molecule has 4 rings (SSSR count). The molecule has 2 aromatic carbocycles. The highest BCUT2D eigenvalue weighted by molar-refractivity contribution is 6.15. The molecule has 0 amide bonds. The van der Waals surface area contributed by atoms with Crippen molar-refractivity contribution >= 4 is 22.8 Å². The molecule has 0 atom stereocenters. The van der Waals surface area contributed by atoms with Gasteiger partial charge in [-0.1, -0.05) is 48.5 Å². The Hall–Kier alpha value is -3.86. The molecule has 0 N–H and O–H groups in total. The van der Waals surface area contributed by atoms with Gasteiger partial charge in [-0.2, -0.15) is 0 Å². The van der Waals surface area contributed by atoms with Crippen LogP contribution in [0.25, 0.3) is 28.1 Å². The highest BCUT2D eigenvalue weighted by Gasteiger charge is 2.20. The standard InChI is InChI=1S/C23H17N3O2/c1-26-19-10-6-5-9-18(19)21(17-7-3-2-4-8-17)22(23(26)28)20(27)12-11-16-13-24-15-25-14-16/h2-15H,1H3/b12-11+. The monoisotopic (exact) mass is 367 g/mol. The second-order valence-electron chi connectivity index (χ2n) is 6.37. The Kier molecular flexibility index (Phi) is 4.64. The van der Waals surface area contributed by atoms with Crippen molar-refractivity contribution in [2.24, 2.45) is 7.05 Å². The van der Waals surface area contributed by atoms with E-state index in [1.54, 1.807) is 25.5 Å². The summed E-state index contributed by atoms with van der Waals surface area (Å²) in [7, 11) is 1.69. The number of para-hydroxylation sites is 1. The molecule has 0 aliphatic rings. The Bertz CT molecular complexity index is 1240. The Morgan fingerprint density at radius 2 is 1.64 bits per heavy atom. The number of benzene rings is 2. The molecule has 2 aromatic heterocycles. The molecule has 2 heterocycles. The van der Waals surface area contributed by atoms with Gasteiger partial charge >= 0.3 is 0 Å². The molecule has 0 saturated carbocycles. The predicted molar refractivity (Wildman–Crippen MR) is 110 cm³/mol. The van der Waals surface area contributed by atoms with Gasteiger partial charge in [0.25, 0.3) is 5.56 Å². The van der Waals surface area contributed by atoms with Gasteiger partial charge in [-0.05, 0) is 23.8 Å². The minimum absolute atomic E-state index is 0.153. The molecule has 136 valence electrons. The average Bonchev–Trinajstić information content (AvgIpc) is 2.75. The van der Waals surface area contributed by atoms with Crippen molar-refractivity contribution < 1.29 is 4.79 Å². The third-order valence-corrected chi connectivity index (χ3v) is 4.62. The summed E-state index contributed by atoms with van der Waals surface area (Å²) in [5.74, 6) is -0.353. The van der Waals surface area contributed by atoms with Crippen LogP contribution in [0.2, 0.25) is 0 Å². The summed E-state index contributed by atoms with van der Waals surface area (Å²) in [6.07, 6.45) is 7.65.